The van der Waals surface area contributed by atoms with Gasteiger partial charge in [0.2, 0.25) is 0 Å². The molecule has 0 saturated carbocycles. The first kappa shape index (κ1) is 28.8. The maximum absolute atomic E-state index is 2.43. The lowest BCUT2D eigenvalue weighted by Crippen LogP contribution is -2.17. The van der Waals surface area contributed by atoms with Crippen LogP contribution in [0.1, 0.15) is 30.5 Å². The third-order valence-corrected chi connectivity index (χ3v) is 11.4. The Hall–Kier alpha value is -5.44. The summed E-state index contributed by atoms with van der Waals surface area (Å²) in [6.45, 7) is 6.96. The number of anilines is 3. The van der Waals surface area contributed by atoms with Crippen LogP contribution in [0, 0.1) is 6.92 Å². The summed E-state index contributed by atoms with van der Waals surface area (Å²) in [5.74, 6) is 0. The minimum absolute atomic E-state index is 0.0752. The summed E-state index contributed by atoms with van der Waals surface area (Å²) < 4.78 is 2.67. The van der Waals surface area contributed by atoms with Crippen LogP contribution in [0.3, 0.4) is 0 Å². The highest BCUT2D eigenvalue weighted by Gasteiger charge is 2.35. The van der Waals surface area contributed by atoms with E-state index >= 15 is 0 Å². The highest BCUT2D eigenvalue weighted by atomic mass is 32.1. The number of thiophene rings is 1. The summed E-state index contributed by atoms with van der Waals surface area (Å²) in [5.41, 5.74) is 15.0. The first-order valence-corrected chi connectivity index (χ1v) is 17.5. The van der Waals surface area contributed by atoms with Crippen molar-refractivity contribution >= 4 is 48.6 Å². The largest absolute Gasteiger partial charge is 0.310 e. The van der Waals surface area contributed by atoms with Gasteiger partial charge in [0.1, 0.15) is 0 Å². The van der Waals surface area contributed by atoms with Gasteiger partial charge in [0.25, 0.3) is 0 Å². The maximum Gasteiger partial charge on any atom is 0.0491 e. The average molecular weight is 634 g/mol. The number of benzene rings is 7. The van der Waals surface area contributed by atoms with Gasteiger partial charge in [-0.2, -0.15) is 0 Å². The molecule has 0 atom stereocenters. The highest BCUT2D eigenvalue weighted by Crippen LogP contribution is 2.51. The smallest absolute Gasteiger partial charge is 0.0491 e. The molecule has 7 aromatic carbocycles. The van der Waals surface area contributed by atoms with E-state index in [-0.39, 0.29) is 5.41 Å². The van der Waals surface area contributed by atoms with E-state index in [9.17, 15) is 0 Å². The molecule has 0 N–H and O–H groups in total. The summed E-state index contributed by atoms with van der Waals surface area (Å²) in [6, 6.07) is 58.1. The molecular weight excluding hydrogens is 599 g/mol. The standard InChI is InChI=1S/C46H35NS/c1-30-27-33(34-20-26-45-40(28-34)39-14-8-10-16-44(39)48-45)19-25-43(30)47(35-21-17-32(18-22-35)31-11-5-4-6-12-31)36-23-24-38-37-13-7-9-15-41(37)46(2,3)42(38)29-36/h4-29H,1-3H3. The zero-order valence-corrected chi connectivity index (χ0v) is 28.2. The molecule has 0 fully saturated rings. The number of fused-ring (bicyclic) bond motifs is 6. The van der Waals surface area contributed by atoms with Gasteiger partial charge in [0.15, 0.2) is 0 Å². The van der Waals surface area contributed by atoms with E-state index in [1.165, 1.54) is 81.6 Å². The quantitative estimate of drug-likeness (QED) is 0.182. The topological polar surface area (TPSA) is 3.24 Å². The van der Waals surface area contributed by atoms with Crippen molar-refractivity contribution in [2.24, 2.45) is 0 Å². The first-order valence-electron chi connectivity index (χ1n) is 16.7. The molecule has 0 spiro atoms. The molecular formula is C46H35NS. The second-order valence-electron chi connectivity index (χ2n) is 13.5. The summed E-state index contributed by atoms with van der Waals surface area (Å²) >= 11 is 1.87. The van der Waals surface area contributed by atoms with Gasteiger partial charge in [-0.05, 0) is 112 Å². The third kappa shape index (κ3) is 4.59. The Morgan fingerprint density at radius 1 is 0.458 bits per heavy atom. The van der Waals surface area contributed by atoms with Crippen molar-refractivity contribution < 1.29 is 0 Å². The molecule has 1 aliphatic carbocycles. The molecule has 1 aliphatic rings. The first-order chi connectivity index (χ1) is 23.5. The minimum Gasteiger partial charge on any atom is -0.310 e. The Labute approximate surface area is 286 Å². The Balaban J connectivity index is 1.17. The molecule has 1 aromatic heterocycles. The van der Waals surface area contributed by atoms with E-state index in [2.05, 4.69) is 183 Å². The molecule has 48 heavy (non-hydrogen) atoms. The lowest BCUT2D eigenvalue weighted by atomic mass is 9.82. The van der Waals surface area contributed by atoms with Crippen molar-refractivity contribution in [1.29, 1.82) is 0 Å². The van der Waals surface area contributed by atoms with Crippen LogP contribution in [0.25, 0.3) is 53.6 Å². The van der Waals surface area contributed by atoms with Crippen molar-refractivity contribution in [3.8, 4) is 33.4 Å². The van der Waals surface area contributed by atoms with E-state index in [1.54, 1.807) is 0 Å². The number of hydrogen-bond donors (Lipinski definition) is 0. The zero-order valence-electron chi connectivity index (χ0n) is 27.4. The summed E-state index contributed by atoms with van der Waals surface area (Å²) in [7, 11) is 0. The summed E-state index contributed by atoms with van der Waals surface area (Å²) in [5, 5.41) is 2.66. The predicted octanol–water partition coefficient (Wildman–Crippen LogP) is 13.5. The summed E-state index contributed by atoms with van der Waals surface area (Å²) in [6.07, 6.45) is 0. The van der Waals surface area contributed by atoms with Gasteiger partial charge in [0, 0.05) is 42.6 Å². The van der Waals surface area contributed by atoms with Crippen molar-refractivity contribution in [2.45, 2.75) is 26.2 Å². The van der Waals surface area contributed by atoms with Crippen LogP contribution in [0.15, 0.2) is 158 Å². The molecule has 230 valence electrons. The van der Waals surface area contributed by atoms with E-state index < -0.39 is 0 Å². The van der Waals surface area contributed by atoms with Crippen LogP contribution in [-0.2, 0) is 5.41 Å². The van der Waals surface area contributed by atoms with Gasteiger partial charge in [-0.3, -0.25) is 0 Å². The van der Waals surface area contributed by atoms with Crippen LogP contribution in [0.5, 0.6) is 0 Å². The molecule has 0 bridgehead atoms. The molecule has 0 amide bonds. The molecule has 1 heterocycles. The number of nitrogens with zero attached hydrogens (tertiary/aromatic N) is 1. The lowest BCUT2D eigenvalue weighted by molar-refractivity contribution is 0.660. The van der Waals surface area contributed by atoms with Crippen LogP contribution in [0.2, 0.25) is 0 Å². The van der Waals surface area contributed by atoms with Crippen molar-refractivity contribution in [3.05, 3.63) is 174 Å². The van der Waals surface area contributed by atoms with Crippen LogP contribution < -0.4 is 4.90 Å². The molecule has 9 rings (SSSR count). The second-order valence-corrected chi connectivity index (χ2v) is 14.5. The fourth-order valence-electron chi connectivity index (χ4n) is 7.68. The van der Waals surface area contributed by atoms with Crippen LogP contribution in [0.4, 0.5) is 17.1 Å². The minimum atomic E-state index is -0.0752. The molecule has 2 heteroatoms. The van der Waals surface area contributed by atoms with Gasteiger partial charge >= 0.3 is 0 Å². The van der Waals surface area contributed by atoms with E-state index in [0.29, 0.717) is 0 Å². The molecule has 1 nitrogen and oxygen atoms in total. The Kier molecular flexibility index (Phi) is 6.64. The van der Waals surface area contributed by atoms with E-state index in [1.807, 2.05) is 11.3 Å². The zero-order chi connectivity index (χ0) is 32.4. The van der Waals surface area contributed by atoms with E-state index in [0.717, 1.165) is 5.69 Å². The van der Waals surface area contributed by atoms with Gasteiger partial charge < -0.3 is 4.90 Å². The van der Waals surface area contributed by atoms with Crippen LogP contribution >= 0.6 is 11.3 Å². The van der Waals surface area contributed by atoms with Gasteiger partial charge in [-0.1, -0.05) is 117 Å². The van der Waals surface area contributed by atoms with Crippen molar-refractivity contribution in [3.63, 3.8) is 0 Å². The Morgan fingerprint density at radius 2 is 1.08 bits per heavy atom. The normalized spacial score (nSPS) is 13.1. The molecule has 0 radical (unpaired) electrons. The summed E-state index contributed by atoms with van der Waals surface area (Å²) in [4.78, 5) is 2.43. The molecule has 0 aliphatic heterocycles. The maximum atomic E-state index is 2.43. The third-order valence-electron chi connectivity index (χ3n) is 10.2. The van der Waals surface area contributed by atoms with Crippen LogP contribution in [-0.4, -0.2) is 0 Å². The Morgan fingerprint density at radius 3 is 1.92 bits per heavy atom. The van der Waals surface area contributed by atoms with Crippen molar-refractivity contribution in [2.75, 3.05) is 4.90 Å². The fourth-order valence-corrected chi connectivity index (χ4v) is 8.77. The van der Waals surface area contributed by atoms with Gasteiger partial charge in [0.05, 0.1) is 0 Å². The lowest BCUT2D eigenvalue weighted by Gasteiger charge is -2.29. The number of aryl methyl sites for hydroxylation is 1. The van der Waals surface area contributed by atoms with Gasteiger partial charge in [-0.15, -0.1) is 11.3 Å². The second kappa shape index (κ2) is 11.1. The van der Waals surface area contributed by atoms with Gasteiger partial charge in [-0.25, -0.2) is 0 Å². The molecule has 0 unspecified atom stereocenters. The average Bonchev–Trinajstić information content (AvgIpc) is 3.61. The predicted molar refractivity (Wildman–Crippen MR) is 207 cm³/mol. The fraction of sp³-hybridized carbons (Fsp3) is 0.0870. The number of hydrogen-bond acceptors (Lipinski definition) is 2. The number of rotatable bonds is 5. The van der Waals surface area contributed by atoms with E-state index in [4.69, 9.17) is 0 Å². The monoisotopic (exact) mass is 633 g/mol. The molecule has 0 saturated heterocycles. The Bertz CT molecular complexity index is 2480. The molecule has 8 aromatic rings. The SMILES string of the molecule is Cc1cc(-c2ccc3sc4ccccc4c3c2)ccc1N(c1ccc(-c2ccccc2)cc1)c1ccc2c(c1)C(C)(C)c1ccccc1-2. The van der Waals surface area contributed by atoms with Crippen molar-refractivity contribution in [1.82, 2.24) is 0 Å². The highest BCUT2D eigenvalue weighted by molar-refractivity contribution is 7.25.